The van der Waals surface area contributed by atoms with Gasteiger partial charge in [0, 0.05) is 5.39 Å². The molecule has 82 valence electrons. The van der Waals surface area contributed by atoms with Gasteiger partial charge in [-0.3, -0.25) is 0 Å². The van der Waals surface area contributed by atoms with E-state index in [1.54, 1.807) is 31.2 Å². The molecule has 0 spiro atoms. The number of hydrogen-bond donors (Lipinski definition) is 0. The van der Waals surface area contributed by atoms with Crippen LogP contribution in [0.2, 0.25) is 0 Å². The topological polar surface area (TPSA) is 39.2 Å². The highest BCUT2D eigenvalue weighted by molar-refractivity contribution is 5.91. The van der Waals surface area contributed by atoms with Crippen molar-refractivity contribution in [3.63, 3.8) is 0 Å². The van der Waals surface area contributed by atoms with E-state index in [1.807, 2.05) is 0 Å². The molecule has 0 amide bonds. The molecule has 0 aliphatic rings. The van der Waals surface area contributed by atoms with Gasteiger partial charge in [0.2, 0.25) is 0 Å². The highest BCUT2D eigenvalue weighted by Crippen LogP contribution is 2.16. The van der Waals surface area contributed by atoms with Gasteiger partial charge in [0.15, 0.2) is 11.5 Å². The average molecular weight is 219 g/mol. The van der Waals surface area contributed by atoms with Crippen LogP contribution in [0.3, 0.4) is 0 Å². The highest BCUT2D eigenvalue weighted by atomic mass is 19.1. The van der Waals surface area contributed by atoms with Crippen LogP contribution in [0.5, 0.6) is 0 Å². The lowest BCUT2D eigenvalue weighted by Gasteiger charge is -2.04. The van der Waals surface area contributed by atoms with Gasteiger partial charge >= 0.3 is 5.97 Å². The lowest BCUT2D eigenvalue weighted by Crippen LogP contribution is -2.09. The van der Waals surface area contributed by atoms with Crippen molar-refractivity contribution in [2.75, 3.05) is 6.61 Å². The summed E-state index contributed by atoms with van der Waals surface area (Å²) in [7, 11) is 0. The SMILES string of the molecule is CCOC(=O)c1nc2ccccc2cc1F. The Labute approximate surface area is 91.9 Å². The minimum Gasteiger partial charge on any atom is -0.461 e. The molecule has 16 heavy (non-hydrogen) atoms. The van der Waals surface area contributed by atoms with Gasteiger partial charge in [-0.05, 0) is 19.1 Å². The van der Waals surface area contributed by atoms with Crippen molar-refractivity contribution in [2.24, 2.45) is 0 Å². The monoisotopic (exact) mass is 219 g/mol. The molecular weight excluding hydrogens is 209 g/mol. The van der Waals surface area contributed by atoms with E-state index in [2.05, 4.69) is 4.98 Å². The van der Waals surface area contributed by atoms with Crippen molar-refractivity contribution < 1.29 is 13.9 Å². The lowest BCUT2D eigenvalue weighted by atomic mass is 10.2. The second-order valence-corrected chi connectivity index (χ2v) is 3.23. The Kier molecular flexibility index (Phi) is 2.81. The Morgan fingerprint density at radius 1 is 1.44 bits per heavy atom. The Morgan fingerprint density at radius 2 is 2.19 bits per heavy atom. The molecule has 0 saturated heterocycles. The van der Waals surface area contributed by atoms with Gasteiger partial charge in [0.25, 0.3) is 0 Å². The first-order valence-electron chi connectivity index (χ1n) is 4.94. The second-order valence-electron chi connectivity index (χ2n) is 3.23. The minimum atomic E-state index is -0.731. The van der Waals surface area contributed by atoms with Crippen molar-refractivity contribution in [1.29, 1.82) is 0 Å². The number of rotatable bonds is 2. The van der Waals surface area contributed by atoms with Crippen molar-refractivity contribution in [3.8, 4) is 0 Å². The van der Waals surface area contributed by atoms with Crippen LogP contribution in [0.4, 0.5) is 4.39 Å². The zero-order valence-electron chi connectivity index (χ0n) is 8.74. The predicted octanol–water partition coefficient (Wildman–Crippen LogP) is 2.55. The van der Waals surface area contributed by atoms with Gasteiger partial charge in [0.1, 0.15) is 0 Å². The fourth-order valence-electron chi connectivity index (χ4n) is 1.43. The van der Waals surface area contributed by atoms with E-state index in [0.717, 1.165) is 0 Å². The first-order valence-corrected chi connectivity index (χ1v) is 4.94. The van der Waals surface area contributed by atoms with E-state index >= 15 is 0 Å². The summed E-state index contributed by atoms with van der Waals surface area (Å²) in [6.07, 6.45) is 0. The average Bonchev–Trinajstić information content (AvgIpc) is 2.28. The van der Waals surface area contributed by atoms with E-state index in [1.165, 1.54) is 6.07 Å². The minimum absolute atomic E-state index is 0.201. The third-order valence-electron chi connectivity index (χ3n) is 2.15. The Bertz CT molecular complexity index is 540. The van der Waals surface area contributed by atoms with Crippen LogP contribution in [0, 0.1) is 5.82 Å². The third-order valence-corrected chi connectivity index (χ3v) is 2.15. The highest BCUT2D eigenvalue weighted by Gasteiger charge is 2.15. The summed E-state index contributed by atoms with van der Waals surface area (Å²) < 4.78 is 18.2. The van der Waals surface area contributed by atoms with Crippen molar-refractivity contribution in [2.45, 2.75) is 6.92 Å². The summed E-state index contributed by atoms with van der Waals surface area (Å²) in [6.45, 7) is 1.86. The number of carbonyl (C=O) groups excluding carboxylic acids is 1. The zero-order valence-corrected chi connectivity index (χ0v) is 8.74. The predicted molar refractivity (Wildman–Crippen MR) is 57.7 cm³/mol. The van der Waals surface area contributed by atoms with E-state index in [9.17, 15) is 9.18 Å². The quantitative estimate of drug-likeness (QED) is 0.728. The summed E-state index contributed by atoms with van der Waals surface area (Å²) in [5.74, 6) is -1.39. The number of carbonyl (C=O) groups is 1. The number of para-hydroxylation sites is 1. The fraction of sp³-hybridized carbons (Fsp3) is 0.167. The summed E-state index contributed by atoms with van der Waals surface area (Å²) in [5, 5.41) is 0.660. The molecule has 0 fully saturated rings. The molecular formula is C12H10FNO2. The maximum absolute atomic E-state index is 13.5. The van der Waals surface area contributed by atoms with Gasteiger partial charge in [-0.15, -0.1) is 0 Å². The molecule has 0 radical (unpaired) electrons. The van der Waals surface area contributed by atoms with Crippen LogP contribution in [0.15, 0.2) is 30.3 Å². The fourth-order valence-corrected chi connectivity index (χ4v) is 1.43. The van der Waals surface area contributed by atoms with E-state index < -0.39 is 11.8 Å². The van der Waals surface area contributed by atoms with Crippen molar-refractivity contribution >= 4 is 16.9 Å². The van der Waals surface area contributed by atoms with Crippen LogP contribution >= 0.6 is 0 Å². The van der Waals surface area contributed by atoms with Crippen LogP contribution in [-0.4, -0.2) is 17.6 Å². The molecule has 1 aromatic carbocycles. The Morgan fingerprint density at radius 3 is 2.94 bits per heavy atom. The summed E-state index contributed by atoms with van der Waals surface area (Å²) >= 11 is 0. The molecule has 0 saturated carbocycles. The van der Waals surface area contributed by atoms with E-state index in [-0.39, 0.29) is 12.3 Å². The largest absolute Gasteiger partial charge is 0.461 e. The number of benzene rings is 1. The van der Waals surface area contributed by atoms with Crippen molar-refractivity contribution in [3.05, 3.63) is 41.8 Å². The van der Waals surface area contributed by atoms with Gasteiger partial charge in [-0.25, -0.2) is 14.2 Å². The van der Waals surface area contributed by atoms with Crippen LogP contribution in [0.25, 0.3) is 10.9 Å². The maximum Gasteiger partial charge on any atom is 0.360 e. The molecule has 1 aromatic heterocycles. The van der Waals surface area contributed by atoms with Gasteiger partial charge < -0.3 is 4.74 Å². The first kappa shape index (κ1) is 10.5. The van der Waals surface area contributed by atoms with E-state index in [4.69, 9.17) is 4.74 Å². The van der Waals surface area contributed by atoms with Gasteiger partial charge in [-0.1, -0.05) is 18.2 Å². The van der Waals surface area contributed by atoms with Gasteiger partial charge in [-0.2, -0.15) is 0 Å². The van der Waals surface area contributed by atoms with E-state index in [0.29, 0.717) is 10.9 Å². The molecule has 4 heteroatoms. The Hall–Kier alpha value is -1.97. The number of halogens is 1. The first-order chi connectivity index (χ1) is 7.72. The van der Waals surface area contributed by atoms with Crippen LogP contribution in [0.1, 0.15) is 17.4 Å². The smallest absolute Gasteiger partial charge is 0.360 e. The number of esters is 1. The second kappa shape index (κ2) is 4.26. The molecule has 0 aliphatic heterocycles. The van der Waals surface area contributed by atoms with Crippen LogP contribution < -0.4 is 0 Å². The molecule has 0 aliphatic carbocycles. The number of hydrogen-bond acceptors (Lipinski definition) is 3. The number of ether oxygens (including phenoxy) is 1. The molecule has 0 atom stereocenters. The number of fused-ring (bicyclic) bond motifs is 1. The summed E-state index contributed by atoms with van der Waals surface area (Å²) in [6, 6.07) is 8.31. The molecule has 1 heterocycles. The van der Waals surface area contributed by atoms with Crippen molar-refractivity contribution in [1.82, 2.24) is 4.98 Å². The Balaban J connectivity index is 2.54. The maximum atomic E-state index is 13.5. The van der Waals surface area contributed by atoms with Gasteiger partial charge in [0.05, 0.1) is 12.1 Å². The number of aromatic nitrogens is 1. The van der Waals surface area contributed by atoms with Crippen LogP contribution in [-0.2, 0) is 4.74 Å². The molecule has 0 N–H and O–H groups in total. The molecule has 3 nitrogen and oxygen atoms in total. The normalized spacial score (nSPS) is 10.4. The molecule has 2 aromatic rings. The summed E-state index contributed by atoms with van der Waals surface area (Å²) in [5.41, 5.74) is 0.313. The molecule has 0 unspecified atom stereocenters. The summed E-state index contributed by atoms with van der Waals surface area (Å²) in [4.78, 5) is 15.3. The third kappa shape index (κ3) is 1.86. The number of pyridine rings is 1. The standard InChI is InChI=1S/C12H10FNO2/c1-2-16-12(15)11-9(13)7-8-5-3-4-6-10(8)14-11/h3-7H,2H2,1H3. The molecule has 0 bridgehead atoms. The zero-order chi connectivity index (χ0) is 11.5. The number of nitrogens with zero attached hydrogens (tertiary/aromatic N) is 1. The lowest BCUT2D eigenvalue weighted by molar-refractivity contribution is 0.0514. The molecule has 2 rings (SSSR count).